The number of hydrogen-bond donors (Lipinski definition) is 2. The topological polar surface area (TPSA) is 111 Å². The fourth-order valence-corrected chi connectivity index (χ4v) is 3.42. The second kappa shape index (κ2) is 4.86. The van der Waals surface area contributed by atoms with Gasteiger partial charge in [0.2, 0.25) is 0 Å². The first-order valence-corrected chi connectivity index (χ1v) is 7.59. The van der Waals surface area contributed by atoms with Gasteiger partial charge < -0.3 is 11.1 Å². The Morgan fingerprint density at radius 1 is 1.50 bits per heavy atom. The van der Waals surface area contributed by atoms with Gasteiger partial charge in [0, 0.05) is 12.5 Å². The number of aromatic nitrogens is 3. The maximum atomic E-state index is 11.6. The van der Waals surface area contributed by atoms with Crippen molar-refractivity contribution in [2.45, 2.75) is 11.4 Å². The van der Waals surface area contributed by atoms with Crippen LogP contribution < -0.4 is 11.1 Å². The van der Waals surface area contributed by atoms with Crippen LogP contribution in [-0.4, -0.2) is 29.0 Å². The number of sulfone groups is 1. The maximum Gasteiger partial charge on any atom is 0.182 e. The highest BCUT2D eigenvalue weighted by atomic mass is 32.2. The van der Waals surface area contributed by atoms with Crippen LogP contribution in [0.4, 0.5) is 10.8 Å². The van der Waals surface area contributed by atoms with Gasteiger partial charge in [0.05, 0.1) is 12.2 Å². The first-order valence-electron chi connectivity index (χ1n) is 4.92. The molecule has 0 fully saturated rings. The maximum absolute atomic E-state index is 11.6. The van der Waals surface area contributed by atoms with E-state index in [1.807, 2.05) is 0 Å². The first-order chi connectivity index (χ1) is 8.48. The Kier molecular flexibility index (Phi) is 3.43. The van der Waals surface area contributed by atoms with Gasteiger partial charge in [-0.3, -0.25) is 0 Å². The van der Waals surface area contributed by atoms with E-state index < -0.39 is 9.84 Å². The Hall–Kier alpha value is -1.74. The number of nitrogens with zero attached hydrogens (tertiary/aromatic N) is 3. The quantitative estimate of drug-likeness (QED) is 0.842. The molecular formula is C9H11N5O2S2. The summed E-state index contributed by atoms with van der Waals surface area (Å²) >= 11 is 1.01. The molecule has 0 aliphatic heterocycles. The predicted octanol–water partition coefficient (Wildman–Crippen LogP) is 0.531. The molecule has 18 heavy (non-hydrogen) atoms. The molecule has 2 aromatic heterocycles. The Morgan fingerprint density at radius 3 is 2.89 bits per heavy atom. The number of nitrogens with one attached hydrogen (secondary N) is 1. The molecule has 0 radical (unpaired) electrons. The van der Waals surface area contributed by atoms with Crippen LogP contribution >= 0.6 is 11.5 Å². The number of nitrogens with two attached hydrogens (primary N) is 1. The summed E-state index contributed by atoms with van der Waals surface area (Å²) in [6.07, 6.45) is 4.14. The Morgan fingerprint density at radius 2 is 2.28 bits per heavy atom. The lowest BCUT2D eigenvalue weighted by atomic mass is 10.4. The third-order valence-corrected chi connectivity index (χ3v) is 4.22. The molecule has 7 nitrogen and oxygen atoms in total. The van der Waals surface area contributed by atoms with E-state index in [9.17, 15) is 8.42 Å². The van der Waals surface area contributed by atoms with Crippen molar-refractivity contribution in [2.75, 3.05) is 17.3 Å². The van der Waals surface area contributed by atoms with E-state index in [0.717, 1.165) is 23.5 Å². The lowest BCUT2D eigenvalue weighted by Crippen LogP contribution is -2.06. The Balaban J connectivity index is 2.21. The molecule has 0 bridgehead atoms. The smallest absolute Gasteiger partial charge is 0.182 e. The van der Waals surface area contributed by atoms with E-state index in [4.69, 9.17) is 5.73 Å². The zero-order valence-corrected chi connectivity index (χ0v) is 11.1. The standard InChI is InChI=1S/C9H11N5O2S2/c1-18(15,16)7-8(10)14-17-9(7)12-4-6-2-3-11-5-13-6/h2-3,5,12H,4H2,1H3,(H2,10,14). The zero-order valence-electron chi connectivity index (χ0n) is 9.49. The van der Waals surface area contributed by atoms with Gasteiger partial charge in [0.15, 0.2) is 15.7 Å². The molecule has 0 atom stereocenters. The van der Waals surface area contributed by atoms with Gasteiger partial charge >= 0.3 is 0 Å². The van der Waals surface area contributed by atoms with Gasteiger partial charge in [-0.2, -0.15) is 4.37 Å². The van der Waals surface area contributed by atoms with E-state index in [0.29, 0.717) is 11.5 Å². The molecule has 2 heterocycles. The van der Waals surface area contributed by atoms with Crippen LogP contribution in [0.3, 0.4) is 0 Å². The molecule has 3 N–H and O–H groups in total. The number of nitrogen functional groups attached to an aromatic ring is 1. The lowest BCUT2D eigenvalue weighted by Gasteiger charge is -2.04. The molecule has 0 spiro atoms. The fourth-order valence-electron chi connectivity index (χ4n) is 1.36. The van der Waals surface area contributed by atoms with Gasteiger partial charge in [-0.1, -0.05) is 0 Å². The molecule has 9 heteroatoms. The van der Waals surface area contributed by atoms with Crippen LogP contribution in [0.15, 0.2) is 23.5 Å². The highest BCUT2D eigenvalue weighted by Crippen LogP contribution is 2.31. The molecule has 0 aliphatic rings. The largest absolute Gasteiger partial charge is 0.382 e. The van der Waals surface area contributed by atoms with Crippen molar-refractivity contribution in [3.05, 3.63) is 24.3 Å². The highest BCUT2D eigenvalue weighted by molar-refractivity contribution is 7.91. The van der Waals surface area contributed by atoms with Gasteiger partial charge in [-0.25, -0.2) is 18.4 Å². The van der Waals surface area contributed by atoms with Gasteiger partial charge in [-0.05, 0) is 17.6 Å². The summed E-state index contributed by atoms with van der Waals surface area (Å²) in [7, 11) is -3.40. The molecule has 0 amide bonds. The molecule has 0 saturated carbocycles. The summed E-state index contributed by atoms with van der Waals surface area (Å²) in [5, 5.41) is 3.39. The van der Waals surface area contributed by atoms with Crippen molar-refractivity contribution in [1.82, 2.24) is 14.3 Å². The van der Waals surface area contributed by atoms with Crippen molar-refractivity contribution in [1.29, 1.82) is 0 Å². The van der Waals surface area contributed by atoms with Crippen LogP contribution in [0.25, 0.3) is 0 Å². The molecule has 0 unspecified atom stereocenters. The fraction of sp³-hybridized carbons (Fsp3) is 0.222. The average Bonchev–Trinajstić information content (AvgIpc) is 2.69. The van der Waals surface area contributed by atoms with E-state index in [-0.39, 0.29) is 10.7 Å². The average molecular weight is 285 g/mol. The highest BCUT2D eigenvalue weighted by Gasteiger charge is 2.20. The number of hydrogen-bond acceptors (Lipinski definition) is 8. The van der Waals surface area contributed by atoms with Gasteiger partial charge in [0.1, 0.15) is 16.2 Å². The SMILES string of the molecule is CS(=O)(=O)c1c(N)nsc1NCc1ccncn1. The minimum Gasteiger partial charge on any atom is -0.382 e. The van der Waals surface area contributed by atoms with Crippen molar-refractivity contribution < 1.29 is 8.42 Å². The molecule has 0 aromatic carbocycles. The van der Waals surface area contributed by atoms with E-state index in [1.165, 1.54) is 6.33 Å². The number of rotatable bonds is 4. The molecule has 0 aliphatic carbocycles. The van der Waals surface area contributed by atoms with Crippen molar-refractivity contribution in [3.8, 4) is 0 Å². The van der Waals surface area contributed by atoms with Crippen LogP contribution in [0.5, 0.6) is 0 Å². The monoisotopic (exact) mass is 285 g/mol. The van der Waals surface area contributed by atoms with E-state index >= 15 is 0 Å². The summed E-state index contributed by atoms with van der Waals surface area (Å²) in [6.45, 7) is 0.382. The van der Waals surface area contributed by atoms with Gasteiger partial charge in [0.25, 0.3) is 0 Å². The predicted molar refractivity (Wildman–Crippen MR) is 69.0 cm³/mol. The molecule has 2 rings (SSSR count). The van der Waals surface area contributed by atoms with Gasteiger partial charge in [-0.15, -0.1) is 0 Å². The Labute approximate surface area is 108 Å². The van der Waals surface area contributed by atoms with E-state index in [2.05, 4.69) is 19.7 Å². The summed E-state index contributed by atoms with van der Waals surface area (Å²) < 4.78 is 27.0. The zero-order chi connectivity index (χ0) is 13.2. The normalized spacial score (nSPS) is 11.4. The van der Waals surface area contributed by atoms with Crippen LogP contribution in [0.1, 0.15) is 5.69 Å². The lowest BCUT2D eigenvalue weighted by molar-refractivity contribution is 0.602. The molecule has 96 valence electrons. The molecular weight excluding hydrogens is 274 g/mol. The summed E-state index contributed by atoms with van der Waals surface area (Å²) in [6, 6.07) is 1.73. The van der Waals surface area contributed by atoms with Crippen molar-refractivity contribution in [2.24, 2.45) is 0 Å². The van der Waals surface area contributed by atoms with Crippen LogP contribution in [0, 0.1) is 0 Å². The molecule has 2 aromatic rings. The summed E-state index contributed by atoms with van der Waals surface area (Å²) in [5.74, 6) is 0.0210. The Bertz CT molecular complexity index is 638. The van der Waals surface area contributed by atoms with Crippen LogP contribution in [0.2, 0.25) is 0 Å². The second-order valence-corrected chi connectivity index (χ2v) is 6.28. The minimum atomic E-state index is -3.40. The van der Waals surface area contributed by atoms with Crippen molar-refractivity contribution in [3.63, 3.8) is 0 Å². The molecule has 0 saturated heterocycles. The second-order valence-electron chi connectivity index (χ2n) is 3.55. The van der Waals surface area contributed by atoms with Crippen LogP contribution in [-0.2, 0) is 16.4 Å². The summed E-state index contributed by atoms with van der Waals surface area (Å²) in [5.41, 5.74) is 6.30. The van der Waals surface area contributed by atoms with E-state index in [1.54, 1.807) is 12.3 Å². The third-order valence-electron chi connectivity index (χ3n) is 2.12. The minimum absolute atomic E-state index is 0.0210. The number of anilines is 2. The third kappa shape index (κ3) is 2.74. The van der Waals surface area contributed by atoms with Crippen molar-refractivity contribution >= 4 is 32.2 Å². The summed E-state index contributed by atoms with van der Waals surface area (Å²) in [4.78, 5) is 7.86. The first kappa shape index (κ1) is 12.7.